The Bertz CT molecular complexity index is 1120. The molecule has 3 aromatic rings. The smallest absolute Gasteiger partial charge is 0.266 e. The number of hydrogen-bond acceptors (Lipinski definition) is 3. The molecule has 0 unspecified atom stereocenters. The molecule has 0 fully saturated rings. The summed E-state index contributed by atoms with van der Waals surface area (Å²) in [5.41, 5.74) is 3.29. The number of rotatable bonds is 6. The van der Waals surface area contributed by atoms with E-state index in [1.54, 1.807) is 36.4 Å². The average Bonchev–Trinajstić information content (AvgIpc) is 2.74. The van der Waals surface area contributed by atoms with E-state index in [9.17, 15) is 14.4 Å². The lowest BCUT2D eigenvalue weighted by molar-refractivity contribution is -0.112. The number of amides is 1. The van der Waals surface area contributed by atoms with E-state index in [1.165, 1.54) is 18.2 Å². The first kappa shape index (κ1) is 21.5. The van der Waals surface area contributed by atoms with Gasteiger partial charge in [-0.05, 0) is 83.1 Å². The Morgan fingerprint density at radius 1 is 1.13 bits per heavy atom. The summed E-state index contributed by atoms with van der Waals surface area (Å²) in [6, 6.07) is 20.8. The first-order chi connectivity index (χ1) is 14.4. The number of nitrogens with one attached hydrogen (secondary N) is 1. The Morgan fingerprint density at radius 3 is 2.47 bits per heavy atom. The van der Waals surface area contributed by atoms with Crippen molar-refractivity contribution >= 4 is 40.3 Å². The molecule has 0 bridgehead atoms. The van der Waals surface area contributed by atoms with Crippen molar-refractivity contribution in [1.29, 1.82) is 5.26 Å². The molecule has 150 valence electrons. The molecule has 1 amide bonds. The second kappa shape index (κ2) is 10.0. The van der Waals surface area contributed by atoms with E-state index in [2.05, 4.69) is 27.9 Å². The van der Waals surface area contributed by atoms with Crippen LogP contribution in [0.25, 0.3) is 6.08 Å². The van der Waals surface area contributed by atoms with Gasteiger partial charge in [0.15, 0.2) is 0 Å². The number of nitriles is 1. The molecule has 0 saturated carbocycles. The summed E-state index contributed by atoms with van der Waals surface area (Å²) in [6.45, 7) is 2.27. The number of carbonyl (C=O) groups excluding carboxylic acids is 1. The fraction of sp³-hybridized carbons (Fsp3) is 0.0833. The molecule has 0 spiro atoms. The van der Waals surface area contributed by atoms with Gasteiger partial charge in [0.05, 0.1) is 3.57 Å². The second-order valence-corrected chi connectivity index (χ2v) is 7.76. The number of carbonyl (C=O) groups is 1. The second-order valence-electron chi connectivity index (χ2n) is 6.59. The van der Waals surface area contributed by atoms with Crippen LogP contribution in [0.2, 0.25) is 0 Å². The van der Waals surface area contributed by atoms with E-state index in [0.29, 0.717) is 23.6 Å². The molecular formula is C24H18FIN2O2. The Balaban J connectivity index is 1.69. The maximum absolute atomic E-state index is 13.0. The van der Waals surface area contributed by atoms with Gasteiger partial charge in [-0.15, -0.1) is 0 Å². The highest BCUT2D eigenvalue weighted by Gasteiger charge is 2.10. The zero-order valence-corrected chi connectivity index (χ0v) is 18.3. The van der Waals surface area contributed by atoms with Crippen molar-refractivity contribution in [2.75, 3.05) is 5.32 Å². The average molecular weight is 512 g/mol. The van der Waals surface area contributed by atoms with E-state index in [0.717, 1.165) is 14.7 Å². The lowest BCUT2D eigenvalue weighted by atomic mass is 10.1. The van der Waals surface area contributed by atoms with Crippen LogP contribution >= 0.6 is 22.6 Å². The number of benzene rings is 3. The molecule has 4 nitrogen and oxygen atoms in total. The predicted octanol–water partition coefficient (Wildman–Crippen LogP) is 5.86. The molecule has 1 N–H and O–H groups in total. The van der Waals surface area contributed by atoms with Gasteiger partial charge in [0.1, 0.15) is 29.8 Å². The molecule has 0 aliphatic heterocycles. The quantitative estimate of drug-likeness (QED) is 0.256. The van der Waals surface area contributed by atoms with Crippen molar-refractivity contribution in [3.8, 4) is 11.8 Å². The molecule has 0 atom stereocenters. The molecule has 6 heteroatoms. The van der Waals surface area contributed by atoms with Crippen LogP contribution in [0.1, 0.15) is 16.7 Å². The topological polar surface area (TPSA) is 62.1 Å². The van der Waals surface area contributed by atoms with Crippen molar-refractivity contribution < 1.29 is 13.9 Å². The van der Waals surface area contributed by atoms with Crippen LogP contribution in [0.3, 0.4) is 0 Å². The summed E-state index contributed by atoms with van der Waals surface area (Å²) < 4.78 is 19.6. The fourth-order valence-electron chi connectivity index (χ4n) is 2.62. The zero-order chi connectivity index (χ0) is 21.5. The van der Waals surface area contributed by atoms with Crippen LogP contribution in [0.4, 0.5) is 10.1 Å². The summed E-state index contributed by atoms with van der Waals surface area (Å²) >= 11 is 2.13. The minimum Gasteiger partial charge on any atom is -0.488 e. The monoisotopic (exact) mass is 512 g/mol. The van der Waals surface area contributed by atoms with Gasteiger partial charge in [-0.1, -0.05) is 35.9 Å². The molecule has 0 aliphatic carbocycles. The molecule has 0 saturated heterocycles. The summed E-state index contributed by atoms with van der Waals surface area (Å²) in [6.07, 6.45) is 1.54. The highest BCUT2D eigenvalue weighted by molar-refractivity contribution is 14.1. The van der Waals surface area contributed by atoms with Gasteiger partial charge in [-0.2, -0.15) is 5.26 Å². The molecule has 0 radical (unpaired) electrons. The third-order valence-corrected chi connectivity index (χ3v) is 5.09. The number of hydrogen-bond donors (Lipinski definition) is 1. The standard InChI is InChI=1S/C24H18FIN2O2/c1-16-2-9-21(10-3-16)28-24(29)19(14-27)12-18-6-11-23(22(26)13-18)30-15-17-4-7-20(25)8-5-17/h2-13H,15H2,1H3,(H,28,29)/b19-12+. The first-order valence-corrected chi connectivity index (χ1v) is 10.2. The van der Waals surface area contributed by atoms with Crippen LogP contribution in [-0.2, 0) is 11.4 Å². The lowest BCUT2D eigenvalue weighted by Crippen LogP contribution is -2.13. The Labute approximate surface area is 188 Å². The normalized spacial score (nSPS) is 10.9. The zero-order valence-electron chi connectivity index (χ0n) is 16.2. The number of aryl methyl sites for hydroxylation is 1. The maximum Gasteiger partial charge on any atom is 0.266 e. The number of nitrogens with zero attached hydrogens (tertiary/aromatic N) is 1. The molecule has 0 aliphatic rings. The minimum atomic E-state index is -0.465. The first-order valence-electron chi connectivity index (χ1n) is 9.11. The molecule has 30 heavy (non-hydrogen) atoms. The third kappa shape index (κ3) is 5.91. The van der Waals surface area contributed by atoms with Crippen LogP contribution in [0.5, 0.6) is 5.75 Å². The van der Waals surface area contributed by atoms with Gasteiger partial charge in [0.2, 0.25) is 0 Å². The Morgan fingerprint density at radius 2 is 1.83 bits per heavy atom. The largest absolute Gasteiger partial charge is 0.488 e. The molecule has 0 aromatic heterocycles. The van der Waals surface area contributed by atoms with Crippen molar-refractivity contribution in [2.45, 2.75) is 13.5 Å². The van der Waals surface area contributed by atoms with Crippen LogP contribution in [0.15, 0.2) is 72.3 Å². The van der Waals surface area contributed by atoms with Crippen molar-refractivity contribution in [3.63, 3.8) is 0 Å². The molecule has 3 rings (SSSR count). The summed E-state index contributed by atoms with van der Waals surface area (Å²) in [5.74, 6) is -0.0862. The highest BCUT2D eigenvalue weighted by Crippen LogP contribution is 2.24. The molecule has 0 heterocycles. The van der Waals surface area contributed by atoms with Gasteiger partial charge >= 0.3 is 0 Å². The van der Waals surface area contributed by atoms with E-state index in [1.807, 2.05) is 31.2 Å². The number of anilines is 1. The van der Waals surface area contributed by atoms with E-state index in [-0.39, 0.29) is 11.4 Å². The summed E-state index contributed by atoms with van der Waals surface area (Å²) in [4.78, 5) is 12.4. The molecular weight excluding hydrogens is 494 g/mol. The molecule has 3 aromatic carbocycles. The van der Waals surface area contributed by atoms with Crippen LogP contribution < -0.4 is 10.1 Å². The Hall–Kier alpha value is -3.18. The number of ether oxygens (including phenoxy) is 1. The summed E-state index contributed by atoms with van der Waals surface area (Å²) in [7, 11) is 0. The van der Waals surface area contributed by atoms with Crippen LogP contribution in [0, 0.1) is 27.6 Å². The predicted molar refractivity (Wildman–Crippen MR) is 123 cm³/mol. The van der Waals surface area contributed by atoms with E-state index >= 15 is 0 Å². The number of halogens is 2. The van der Waals surface area contributed by atoms with Gasteiger partial charge in [0.25, 0.3) is 5.91 Å². The van der Waals surface area contributed by atoms with Gasteiger partial charge in [-0.25, -0.2) is 4.39 Å². The summed E-state index contributed by atoms with van der Waals surface area (Å²) in [5, 5.41) is 12.1. The SMILES string of the molecule is Cc1ccc(NC(=O)/C(C#N)=C/c2ccc(OCc3ccc(F)cc3)c(I)c2)cc1. The van der Waals surface area contributed by atoms with Crippen molar-refractivity contribution in [3.05, 3.63) is 98.4 Å². The highest BCUT2D eigenvalue weighted by atomic mass is 127. The van der Waals surface area contributed by atoms with Crippen molar-refractivity contribution in [2.24, 2.45) is 0 Å². The lowest BCUT2D eigenvalue weighted by Gasteiger charge is -2.09. The third-order valence-electron chi connectivity index (χ3n) is 4.25. The van der Waals surface area contributed by atoms with Crippen molar-refractivity contribution in [1.82, 2.24) is 0 Å². The fourth-order valence-corrected chi connectivity index (χ4v) is 3.31. The maximum atomic E-state index is 13.0. The van der Waals surface area contributed by atoms with E-state index < -0.39 is 5.91 Å². The van der Waals surface area contributed by atoms with E-state index in [4.69, 9.17) is 4.74 Å². The van der Waals surface area contributed by atoms with Gasteiger partial charge < -0.3 is 10.1 Å². The van der Waals surface area contributed by atoms with Gasteiger partial charge in [0, 0.05) is 5.69 Å². The minimum absolute atomic E-state index is 0.00588. The Kier molecular flexibility index (Phi) is 7.20. The van der Waals surface area contributed by atoms with Crippen LogP contribution in [-0.4, -0.2) is 5.91 Å². The van der Waals surface area contributed by atoms with Gasteiger partial charge in [-0.3, -0.25) is 4.79 Å².